The van der Waals surface area contributed by atoms with Gasteiger partial charge in [-0.15, -0.1) is 0 Å². The number of nitrogens with zero attached hydrogens (tertiary/aromatic N) is 1. The van der Waals surface area contributed by atoms with E-state index in [4.69, 9.17) is 0 Å². The Labute approximate surface area is 102 Å². The quantitative estimate of drug-likeness (QED) is 0.608. The van der Waals surface area contributed by atoms with Gasteiger partial charge in [0, 0.05) is 13.1 Å². The van der Waals surface area contributed by atoms with Crippen LogP contribution in [0.3, 0.4) is 0 Å². The van der Waals surface area contributed by atoms with Gasteiger partial charge in [0.15, 0.2) is 0 Å². The highest BCUT2D eigenvalue weighted by molar-refractivity contribution is 4.70. The van der Waals surface area contributed by atoms with Crippen LogP contribution in [0.2, 0.25) is 0 Å². The van der Waals surface area contributed by atoms with Crippen LogP contribution in [0, 0.1) is 5.92 Å². The topological polar surface area (TPSA) is 15.3 Å². The van der Waals surface area contributed by atoms with Crippen LogP contribution < -0.4 is 5.32 Å². The van der Waals surface area contributed by atoms with Gasteiger partial charge in [0.1, 0.15) is 0 Å². The van der Waals surface area contributed by atoms with E-state index in [1.54, 1.807) is 0 Å². The minimum Gasteiger partial charge on any atom is -0.315 e. The lowest BCUT2D eigenvalue weighted by Gasteiger charge is -2.21. The molecule has 0 radical (unpaired) electrons. The van der Waals surface area contributed by atoms with Crippen molar-refractivity contribution in [3.8, 4) is 0 Å². The Balaban J connectivity index is 1.98. The first-order valence-electron chi connectivity index (χ1n) is 7.29. The third-order valence-electron chi connectivity index (χ3n) is 3.59. The molecule has 1 saturated carbocycles. The molecule has 2 heteroatoms. The molecule has 0 aromatic heterocycles. The van der Waals surface area contributed by atoms with Crippen molar-refractivity contribution in [1.29, 1.82) is 0 Å². The molecule has 96 valence electrons. The third kappa shape index (κ3) is 5.86. The Morgan fingerprint density at radius 3 is 2.19 bits per heavy atom. The Kier molecular flexibility index (Phi) is 7.87. The molecule has 0 amide bonds. The van der Waals surface area contributed by atoms with Gasteiger partial charge in [0.05, 0.1) is 0 Å². The van der Waals surface area contributed by atoms with Crippen molar-refractivity contribution in [3.63, 3.8) is 0 Å². The summed E-state index contributed by atoms with van der Waals surface area (Å²) in [4.78, 5) is 2.58. The summed E-state index contributed by atoms with van der Waals surface area (Å²) in [6, 6.07) is 0. The van der Waals surface area contributed by atoms with Crippen LogP contribution in [0.1, 0.15) is 52.4 Å². The number of rotatable bonds is 9. The molecule has 0 unspecified atom stereocenters. The molecule has 0 atom stereocenters. The summed E-state index contributed by atoms with van der Waals surface area (Å²) < 4.78 is 0. The fraction of sp³-hybridized carbons (Fsp3) is 1.00. The van der Waals surface area contributed by atoms with Crippen LogP contribution in [0.15, 0.2) is 0 Å². The van der Waals surface area contributed by atoms with Crippen LogP contribution in [-0.2, 0) is 0 Å². The van der Waals surface area contributed by atoms with Gasteiger partial charge < -0.3 is 10.2 Å². The SMILES string of the molecule is CCCN(CCC)CCNCC1CCCC1. The second-order valence-corrected chi connectivity index (χ2v) is 5.20. The van der Waals surface area contributed by atoms with E-state index in [-0.39, 0.29) is 0 Å². The lowest BCUT2D eigenvalue weighted by atomic mass is 10.1. The molecular weight excluding hydrogens is 196 g/mol. The number of hydrogen-bond acceptors (Lipinski definition) is 2. The fourth-order valence-electron chi connectivity index (χ4n) is 2.73. The zero-order valence-electron chi connectivity index (χ0n) is 11.3. The van der Waals surface area contributed by atoms with Crippen LogP contribution in [0.5, 0.6) is 0 Å². The van der Waals surface area contributed by atoms with Crippen molar-refractivity contribution in [3.05, 3.63) is 0 Å². The second kappa shape index (κ2) is 9.00. The molecule has 0 saturated heterocycles. The summed E-state index contributed by atoms with van der Waals surface area (Å²) in [5.41, 5.74) is 0. The molecule has 2 nitrogen and oxygen atoms in total. The third-order valence-corrected chi connectivity index (χ3v) is 3.59. The molecule has 16 heavy (non-hydrogen) atoms. The van der Waals surface area contributed by atoms with Gasteiger partial charge in [-0.1, -0.05) is 26.7 Å². The summed E-state index contributed by atoms with van der Waals surface area (Å²) in [5.74, 6) is 0.978. The summed E-state index contributed by atoms with van der Waals surface area (Å²) in [7, 11) is 0. The van der Waals surface area contributed by atoms with Crippen molar-refractivity contribution in [2.75, 3.05) is 32.7 Å². The molecule has 0 aromatic rings. The van der Waals surface area contributed by atoms with E-state index in [1.165, 1.54) is 71.2 Å². The van der Waals surface area contributed by atoms with E-state index in [0.717, 1.165) is 5.92 Å². The monoisotopic (exact) mass is 226 g/mol. The minimum absolute atomic E-state index is 0.978. The highest BCUT2D eigenvalue weighted by Crippen LogP contribution is 2.23. The molecule has 1 aliphatic carbocycles. The molecule has 0 spiro atoms. The van der Waals surface area contributed by atoms with Crippen LogP contribution in [-0.4, -0.2) is 37.6 Å². The van der Waals surface area contributed by atoms with Gasteiger partial charge in [-0.2, -0.15) is 0 Å². The van der Waals surface area contributed by atoms with E-state index in [2.05, 4.69) is 24.1 Å². The molecule has 1 rings (SSSR count). The van der Waals surface area contributed by atoms with Crippen LogP contribution >= 0.6 is 0 Å². The molecule has 0 bridgehead atoms. The zero-order valence-corrected chi connectivity index (χ0v) is 11.3. The van der Waals surface area contributed by atoms with E-state index < -0.39 is 0 Å². The predicted molar refractivity (Wildman–Crippen MR) is 71.8 cm³/mol. The van der Waals surface area contributed by atoms with Crippen molar-refractivity contribution in [2.45, 2.75) is 52.4 Å². The van der Waals surface area contributed by atoms with Crippen molar-refractivity contribution >= 4 is 0 Å². The van der Waals surface area contributed by atoms with Crippen molar-refractivity contribution < 1.29 is 0 Å². The first kappa shape index (κ1) is 14.0. The van der Waals surface area contributed by atoms with Gasteiger partial charge in [0.2, 0.25) is 0 Å². The lowest BCUT2D eigenvalue weighted by Crippen LogP contribution is -2.34. The summed E-state index contributed by atoms with van der Waals surface area (Å²) >= 11 is 0. The highest BCUT2D eigenvalue weighted by atomic mass is 15.1. The van der Waals surface area contributed by atoms with Gasteiger partial charge in [-0.3, -0.25) is 0 Å². The molecule has 1 aliphatic rings. The Hall–Kier alpha value is -0.0800. The molecule has 0 aliphatic heterocycles. The molecule has 0 heterocycles. The predicted octanol–water partition coefficient (Wildman–Crippen LogP) is 2.89. The Morgan fingerprint density at radius 1 is 1.00 bits per heavy atom. The molecular formula is C14H30N2. The summed E-state index contributed by atoms with van der Waals surface area (Å²) in [5, 5.41) is 3.63. The standard InChI is InChI=1S/C14H30N2/c1-3-10-16(11-4-2)12-9-15-13-14-7-5-6-8-14/h14-15H,3-13H2,1-2H3. The smallest absolute Gasteiger partial charge is 0.0107 e. The largest absolute Gasteiger partial charge is 0.315 e. The minimum atomic E-state index is 0.978. The first-order valence-corrected chi connectivity index (χ1v) is 7.29. The number of hydrogen-bond donors (Lipinski definition) is 1. The first-order chi connectivity index (χ1) is 7.86. The highest BCUT2D eigenvalue weighted by Gasteiger charge is 2.13. The normalized spacial score (nSPS) is 17.4. The van der Waals surface area contributed by atoms with Crippen LogP contribution in [0.4, 0.5) is 0 Å². The maximum Gasteiger partial charge on any atom is 0.0107 e. The van der Waals surface area contributed by atoms with E-state index in [0.29, 0.717) is 0 Å². The lowest BCUT2D eigenvalue weighted by molar-refractivity contribution is 0.271. The average Bonchev–Trinajstić information content (AvgIpc) is 2.78. The fourth-order valence-corrected chi connectivity index (χ4v) is 2.73. The van der Waals surface area contributed by atoms with E-state index >= 15 is 0 Å². The van der Waals surface area contributed by atoms with Crippen LogP contribution in [0.25, 0.3) is 0 Å². The maximum atomic E-state index is 3.63. The van der Waals surface area contributed by atoms with Gasteiger partial charge in [0.25, 0.3) is 0 Å². The molecule has 1 N–H and O–H groups in total. The maximum absolute atomic E-state index is 3.63. The van der Waals surface area contributed by atoms with Crippen molar-refractivity contribution in [2.24, 2.45) is 5.92 Å². The Bertz CT molecular complexity index is 147. The average molecular weight is 226 g/mol. The summed E-state index contributed by atoms with van der Waals surface area (Å²) in [6.07, 6.45) is 8.40. The Morgan fingerprint density at radius 2 is 1.62 bits per heavy atom. The van der Waals surface area contributed by atoms with Gasteiger partial charge >= 0.3 is 0 Å². The van der Waals surface area contributed by atoms with E-state index in [1.807, 2.05) is 0 Å². The zero-order chi connectivity index (χ0) is 11.6. The molecule has 0 aromatic carbocycles. The van der Waals surface area contributed by atoms with Crippen molar-refractivity contribution in [1.82, 2.24) is 10.2 Å². The summed E-state index contributed by atoms with van der Waals surface area (Å²) in [6.45, 7) is 10.7. The van der Waals surface area contributed by atoms with Gasteiger partial charge in [-0.05, 0) is 51.2 Å². The van der Waals surface area contributed by atoms with E-state index in [9.17, 15) is 0 Å². The second-order valence-electron chi connectivity index (χ2n) is 5.20. The number of nitrogens with one attached hydrogen (secondary N) is 1. The molecule has 1 fully saturated rings. The van der Waals surface area contributed by atoms with Gasteiger partial charge in [-0.25, -0.2) is 0 Å².